The van der Waals surface area contributed by atoms with E-state index in [1.807, 2.05) is 24.4 Å². The SMILES string of the molecule is Cc1ccccc1-n1c(C)cc(C2C(c3ccccn3)NC(=S)N2CCO)c1C. The fourth-order valence-corrected chi connectivity index (χ4v) is 4.70. The zero-order chi connectivity index (χ0) is 20.5. The van der Waals surface area contributed by atoms with Crippen LogP contribution < -0.4 is 5.32 Å². The van der Waals surface area contributed by atoms with Gasteiger partial charge in [0.1, 0.15) is 0 Å². The maximum atomic E-state index is 9.66. The van der Waals surface area contributed by atoms with E-state index in [2.05, 4.69) is 70.9 Å². The average Bonchev–Trinajstić information content (AvgIpc) is 3.19. The third-order valence-electron chi connectivity index (χ3n) is 5.68. The molecular formula is C23H26N4OS. The molecular weight excluding hydrogens is 380 g/mol. The van der Waals surface area contributed by atoms with Gasteiger partial charge in [0.25, 0.3) is 0 Å². The van der Waals surface area contributed by atoms with Crippen LogP contribution in [0.3, 0.4) is 0 Å². The minimum atomic E-state index is -0.0685. The number of hydrogen-bond acceptors (Lipinski definition) is 3. The van der Waals surface area contributed by atoms with Crippen LogP contribution in [0.15, 0.2) is 54.7 Å². The van der Waals surface area contributed by atoms with Crippen molar-refractivity contribution in [1.82, 2.24) is 19.8 Å². The van der Waals surface area contributed by atoms with Crippen molar-refractivity contribution in [3.63, 3.8) is 0 Å². The molecule has 6 heteroatoms. The highest BCUT2D eigenvalue weighted by atomic mass is 32.1. The van der Waals surface area contributed by atoms with E-state index in [-0.39, 0.29) is 18.7 Å². The third-order valence-corrected chi connectivity index (χ3v) is 6.04. The first kappa shape index (κ1) is 19.6. The fourth-order valence-electron chi connectivity index (χ4n) is 4.36. The number of β-amino-alcohol motifs (C(OH)–C–C–N with tert-alkyl or cyclic N) is 1. The topological polar surface area (TPSA) is 53.3 Å². The molecule has 1 saturated heterocycles. The lowest BCUT2D eigenvalue weighted by molar-refractivity contribution is 0.223. The second-order valence-corrected chi connectivity index (χ2v) is 7.88. The Morgan fingerprint density at radius 3 is 2.55 bits per heavy atom. The number of para-hydroxylation sites is 1. The molecule has 1 aliphatic rings. The van der Waals surface area contributed by atoms with Crippen molar-refractivity contribution < 1.29 is 5.11 Å². The summed E-state index contributed by atoms with van der Waals surface area (Å²) in [6.45, 7) is 6.95. The number of aromatic nitrogens is 2. The van der Waals surface area contributed by atoms with Crippen molar-refractivity contribution in [3.8, 4) is 5.69 Å². The number of hydrogen-bond donors (Lipinski definition) is 2. The Kier molecular flexibility index (Phi) is 5.39. The summed E-state index contributed by atoms with van der Waals surface area (Å²) in [5.74, 6) is 0. The molecule has 150 valence electrons. The minimum Gasteiger partial charge on any atom is -0.395 e. The largest absolute Gasteiger partial charge is 0.395 e. The molecule has 0 radical (unpaired) electrons. The van der Waals surface area contributed by atoms with Crippen LogP contribution in [0, 0.1) is 20.8 Å². The van der Waals surface area contributed by atoms with E-state index >= 15 is 0 Å². The Bertz CT molecular complexity index is 1030. The van der Waals surface area contributed by atoms with Gasteiger partial charge in [-0.15, -0.1) is 0 Å². The number of aliphatic hydroxyl groups is 1. The zero-order valence-electron chi connectivity index (χ0n) is 17.0. The number of rotatable bonds is 5. The van der Waals surface area contributed by atoms with Crippen LogP contribution in [0.25, 0.3) is 5.69 Å². The Hall–Kier alpha value is -2.70. The lowest BCUT2D eigenvalue weighted by Crippen LogP contribution is -2.32. The molecule has 2 unspecified atom stereocenters. The standard InChI is InChI=1S/C23H26N4OS/c1-15-8-4-5-10-20(15)27-16(2)14-18(17(27)3)22-21(19-9-6-7-11-24-19)25-23(29)26(22)12-13-28/h4-11,14,21-22,28H,12-13H2,1-3H3,(H,25,29). The van der Waals surface area contributed by atoms with E-state index in [4.69, 9.17) is 12.2 Å². The summed E-state index contributed by atoms with van der Waals surface area (Å²) in [5.41, 5.74) is 6.91. The molecule has 0 spiro atoms. The van der Waals surface area contributed by atoms with Gasteiger partial charge in [-0.3, -0.25) is 4.98 Å². The smallest absolute Gasteiger partial charge is 0.170 e. The van der Waals surface area contributed by atoms with Crippen LogP contribution >= 0.6 is 12.2 Å². The number of pyridine rings is 1. The molecule has 0 bridgehead atoms. The highest BCUT2D eigenvalue weighted by Crippen LogP contribution is 2.41. The molecule has 3 heterocycles. The molecule has 2 aromatic heterocycles. The Labute approximate surface area is 177 Å². The summed E-state index contributed by atoms with van der Waals surface area (Å²) in [5, 5.41) is 13.7. The predicted molar refractivity (Wildman–Crippen MR) is 119 cm³/mol. The van der Waals surface area contributed by atoms with Crippen molar-refractivity contribution in [2.75, 3.05) is 13.2 Å². The van der Waals surface area contributed by atoms with Crippen molar-refractivity contribution >= 4 is 17.3 Å². The van der Waals surface area contributed by atoms with E-state index < -0.39 is 0 Å². The summed E-state index contributed by atoms with van der Waals surface area (Å²) in [6.07, 6.45) is 1.81. The van der Waals surface area contributed by atoms with E-state index in [0.717, 1.165) is 5.69 Å². The lowest BCUT2D eigenvalue weighted by Gasteiger charge is -2.27. The van der Waals surface area contributed by atoms with Gasteiger partial charge in [-0.05, 0) is 68.4 Å². The Morgan fingerprint density at radius 2 is 1.86 bits per heavy atom. The maximum Gasteiger partial charge on any atom is 0.170 e. The molecule has 4 rings (SSSR count). The van der Waals surface area contributed by atoms with Gasteiger partial charge < -0.3 is 19.9 Å². The summed E-state index contributed by atoms with van der Waals surface area (Å²) >= 11 is 5.63. The predicted octanol–water partition coefficient (Wildman–Crippen LogP) is 3.76. The van der Waals surface area contributed by atoms with Gasteiger partial charge in [-0.25, -0.2) is 0 Å². The van der Waals surface area contributed by atoms with E-state index in [1.165, 1.54) is 28.2 Å². The molecule has 0 amide bonds. The number of benzene rings is 1. The van der Waals surface area contributed by atoms with Gasteiger partial charge in [0.05, 0.1) is 24.4 Å². The molecule has 2 N–H and O–H groups in total. The van der Waals surface area contributed by atoms with Crippen LogP contribution in [0.4, 0.5) is 0 Å². The van der Waals surface area contributed by atoms with E-state index in [0.29, 0.717) is 11.7 Å². The average molecular weight is 407 g/mol. The molecule has 3 aromatic rings. The van der Waals surface area contributed by atoms with Gasteiger partial charge in [0.2, 0.25) is 0 Å². The van der Waals surface area contributed by atoms with E-state index in [9.17, 15) is 5.11 Å². The summed E-state index contributed by atoms with van der Waals surface area (Å²) in [6, 6.07) is 16.5. The zero-order valence-corrected chi connectivity index (χ0v) is 17.8. The second kappa shape index (κ2) is 7.97. The van der Waals surface area contributed by atoms with E-state index in [1.54, 1.807) is 0 Å². The monoisotopic (exact) mass is 406 g/mol. The normalized spacial score (nSPS) is 18.9. The van der Waals surface area contributed by atoms with Crippen molar-refractivity contribution in [3.05, 3.63) is 82.9 Å². The number of aliphatic hydroxyl groups excluding tert-OH is 1. The molecule has 0 aliphatic carbocycles. The summed E-state index contributed by atoms with van der Waals surface area (Å²) in [4.78, 5) is 6.66. The number of thiocarbonyl (C=S) groups is 1. The third kappa shape index (κ3) is 3.43. The van der Waals surface area contributed by atoms with Crippen molar-refractivity contribution in [1.29, 1.82) is 0 Å². The summed E-state index contributed by atoms with van der Waals surface area (Å²) in [7, 11) is 0. The molecule has 1 aromatic carbocycles. The minimum absolute atomic E-state index is 0.0338. The van der Waals surface area contributed by atoms with Gasteiger partial charge in [-0.2, -0.15) is 0 Å². The van der Waals surface area contributed by atoms with Gasteiger partial charge in [0.15, 0.2) is 5.11 Å². The highest BCUT2D eigenvalue weighted by Gasteiger charge is 2.41. The second-order valence-electron chi connectivity index (χ2n) is 7.49. The van der Waals surface area contributed by atoms with Crippen LogP contribution in [-0.4, -0.2) is 37.8 Å². The first-order chi connectivity index (χ1) is 14.0. The first-order valence-electron chi connectivity index (χ1n) is 9.86. The van der Waals surface area contributed by atoms with Crippen molar-refractivity contribution in [2.45, 2.75) is 32.9 Å². The van der Waals surface area contributed by atoms with Crippen LogP contribution in [0.1, 0.15) is 40.3 Å². The lowest BCUT2D eigenvalue weighted by atomic mass is 9.97. The van der Waals surface area contributed by atoms with Crippen molar-refractivity contribution in [2.24, 2.45) is 0 Å². The van der Waals surface area contributed by atoms with Gasteiger partial charge in [-0.1, -0.05) is 24.3 Å². The quantitative estimate of drug-likeness (QED) is 0.632. The molecule has 1 fully saturated rings. The van der Waals surface area contributed by atoms with Crippen LogP contribution in [0.5, 0.6) is 0 Å². The Morgan fingerprint density at radius 1 is 1.10 bits per heavy atom. The number of aryl methyl sites for hydroxylation is 2. The van der Waals surface area contributed by atoms with Crippen LogP contribution in [0.2, 0.25) is 0 Å². The van der Waals surface area contributed by atoms with Gasteiger partial charge >= 0.3 is 0 Å². The maximum absolute atomic E-state index is 9.66. The Balaban J connectivity index is 1.85. The van der Waals surface area contributed by atoms with Gasteiger partial charge in [0, 0.05) is 29.8 Å². The van der Waals surface area contributed by atoms with Crippen LogP contribution in [-0.2, 0) is 0 Å². The molecule has 29 heavy (non-hydrogen) atoms. The molecule has 2 atom stereocenters. The highest BCUT2D eigenvalue weighted by molar-refractivity contribution is 7.80. The summed E-state index contributed by atoms with van der Waals surface area (Å²) < 4.78 is 2.30. The fraction of sp³-hybridized carbons (Fsp3) is 0.304. The molecule has 5 nitrogen and oxygen atoms in total. The molecule has 1 aliphatic heterocycles. The first-order valence-corrected chi connectivity index (χ1v) is 10.3. The number of nitrogens with zero attached hydrogens (tertiary/aromatic N) is 3. The molecule has 0 saturated carbocycles. The number of nitrogens with one attached hydrogen (secondary N) is 1.